The van der Waals surface area contributed by atoms with Crippen LogP contribution < -0.4 is 15.6 Å². The summed E-state index contributed by atoms with van der Waals surface area (Å²) in [6, 6.07) is 21.4. The second kappa shape index (κ2) is 10.2. The molecule has 3 N–H and O–H groups in total. The smallest absolute Gasteiger partial charge is 0.268 e. The molecule has 0 fully saturated rings. The molecule has 7 heteroatoms. The summed E-state index contributed by atoms with van der Waals surface area (Å²) < 4.78 is 24.8. The van der Waals surface area contributed by atoms with Gasteiger partial charge in [0, 0.05) is 5.69 Å². The molecule has 0 aliphatic rings. The van der Waals surface area contributed by atoms with Crippen molar-refractivity contribution in [2.24, 2.45) is 0 Å². The maximum atomic E-state index is 12.7. The number of anilines is 2. The predicted octanol–water partition coefficient (Wildman–Crippen LogP) is 4.70. The Hall–Kier alpha value is -3.16. The van der Waals surface area contributed by atoms with E-state index in [4.69, 9.17) is 0 Å². The Kier molecular flexibility index (Phi) is 7.44. The van der Waals surface area contributed by atoms with Crippen molar-refractivity contribution in [2.45, 2.75) is 38.0 Å². The number of amides is 1. The summed E-state index contributed by atoms with van der Waals surface area (Å²) >= 11 is 0. The number of carbonyl (C=O) groups is 1. The molecule has 0 atom stereocenters. The third-order valence-electron chi connectivity index (χ3n) is 4.85. The summed E-state index contributed by atoms with van der Waals surface area (Å²) in [5.41, 5.74) is 6.26. The summed E-state index contributed by atoms with van der Waals surface area (Å²) in [6.07, 6.45) is 3.33. The normalized spacial score (nSPS) is 11.2. The number of rotatable bonds is 9. The van der Waals surface area contributed by atoms with Gasteiger partial charge in [-0.05, 0) is 61.7 Å². The molecule has 0 bridgehead atoms. The molecule has 31 heavy (non-hydrogen) atoms. The molecule has 3 aromatic rings. The van der Waals surface area contributed by atoms with Gasteiger partial charge in [-0.15, -0.1) is 4.83 Å². The summed E-state index contributed by atoms with van der Waals surface area (Å²) in [7, 11) is -3.87. The number of aryl methyl sites for hydroxylation is 2. The van der Waals surface area contributed by atoms with E-state index in [1.165, 1.54) is 17.7 Å². The lowest BCUT2D eigenvalue weighted by Crippen LogP contribution is -2.41. The minimum Gasteiger partial charge on any atom is -0.355 e. The van der Waals surface area contributed by atoms with Crippen molar-refractivity contribution >= 4 is 27.3 Å². The third kappa shape index (κ3) is 6.16. The fourth-order valence-corrected chi connectivity index (χ4v) is 3.88. The van der Waals surface area contributed by atoms with Crippen LogP contribution in [0.2, 0.25) is 0 Å². The van der Waals surface area contributed by atoms with Gasteiger partial charge in [-0.25, -0.2) is 8.42 Å². The number of unbranched alkanes of at least 4 members (excludes halogenated alkanes) is 1. The van der Waals surface area contributed by atoms with Crippen LogP contribution >= 0.6 is 0 Å². The third-order valence-corrected chi connectivity index (χ3v) is 6.12. The van der Waals surface area contributed by atoms with Gasteiger partial charge in [0.2, 0.25) is 0 Å². The Bertz CT molecular complexity index is 1130. The summed E-state index contributed by atoms with van der Waals surface area (Å²) in [6.45, 7) is 4.03. The largest absolute Gasteiger partial charge is 0.355 e. The first-order valence-electron chi connectivity index (χ1n) is 10.2. The van der Waals surface area contributed by atoms with Crippen LogP contribution in [0.15, 0.2) is 77.7 Å². The monoisotopic (exact) mass is 437 g/mol. The van der Waals surface area contributed by atoms with Crippen molar-refractivity contribution in [3.63, 3.8) is 0 Å². The first-order valence-corrected chi connectivity index (χ1v) is 11.7. The van der Waals surface area contributed by atoms with Gasteiger partial charge >= 0.3 is 0 Å². The molecule has 0 heterocycles. The van der Waals surface area contributed by atoms with Crippen LogP contribution in [0.1, 0.15) is 41.3 Å². The molecule has 0 unspecified atom stereocenters. The Morgan fingerprint density at radius 1 is 0.903 bits per heavy atom. The average Bonchev–Trinajstić information content (AvgIpc) is 2.78. The van der Waals surface area contributed by atoms with E-state index >= 15 is 0 Å². The molecule has 3 rings (SSSR count). The first kappa shape index (κ1) is 22.5. The van der Waals surface area contributed by atoms with Crippen LogP contribution in [-0.2, 0) is 16.4 Å². The highest BCUT2D eigenvalue weighted by Gasteiger charge is 2.17. The van der Waals surface area contributed by atoms with Crippen molar-refractivity contribution < 1.29 is 13.2 Å². The van der Waals surface area contributed by atoms with Crippen molar-refractivity contribution in [3.05, 3.63) is 89.5 Å². The zero-order chi connectivity index (χ0) is 22.3. The number of benzene rings is 3. The van der Waals surface area contributed by atoms with Crippen LogP contribution in [0.4, 0.5) is 11.4 Å². The SMILES string of the molecule is CCCCc1ccc(Nc2ccccc2C(=O)NNS(=O)(=O)c2ccc(C)cc2)cc1. The standard InChI is InChI=1S/C24H27N3O3S/c1-3-4-7-19-12-14-20(15-13-19)25-23-9-6-5-8-22(23)24(28)26-27-31(29,30)21-16-10-18(2)11-17-21/h5-6,8-17,25,27H,3-4,7H2,1-2H3,(H,26,28). The quantitative estimate of drug-likeness (QED) is 0.423. The van der Waals surface area contributed by atoms with E-state index in [0.29, 0.717) is 11.3 Å². The Balaban J connectivity index is 1.69. The molecule has 1 amide bonds. The van der Waals surface area contributed by atoms with Crippen LogP contribution in [0.3, 0.4) is 0 Å². The van der Waals surface area contributed by atoms with E-state index in [1.807, 2.05) is 25.1 Å². The van der Waals surface area contributed by atoms with Gasteiger partial charge in [0.25, 0.3) is 15.9 Å². The highest BCUT2D eigenvalue weighted by atomic mass is 32.2. The van der Waals surface area contributed by atoms with Crippen molar-refractivity contribution in [2.75, 3.05) is 5.32 Å². The van der Waals surface area contributed by atoms with E-state index in [0.717, 1.165) is 30.5 Å². The average molecular weight is 438 g/mol. The molecular weight excluding hydrogens is 410 g/mol. The van der Waals surface area contributed by atoms with Gasteiger partial charge < -0.3 is 5.32 Å². The van der Waals surface area contributed by atoms with E-state index in [9.17, 15) is 13.2 Å². The number of para-hydroxylation sites is 1. The molecule has 0 saturated heterocycles. The number of sulfonamides is 1. The molecular formula is C24H27N3O3S. The molecule has 0 radical (unpaired) electrons. The highest BCUT2D eigenvalue weighted by Crippen LogP contribution is 2.22. The lowest BCUT2D eigenvalue weighted by molar-refractivity contribution is 0.0946. The molecule has 0 aliphatic carbocycles. The second-order valence-corrected chi connectivity index (χ2v) is 9.03. The maximum Gasteiger partial charge on any atom is 0.268 e. The summed E-state index contributed by atoms with van der Waals surface area (Å²) in [5.74, 6) is -0.557. The van der Waals surface area contributed by atoms with Crippen LogP contribution in [0, 0.1) is 6.92 Å². The maximum absolute atomic E-state index is 12.7. The van der Waals surface area contributed by atoms with Crippen LogP contribution in [-0.4, -0.2) is 14.3 Å². The number of hydrazine groups is 1. The Morgan fingerprint density at radius 2 is 1.58 bits per heavy atom. The van der Waals surface area contributed by atoms with Crippen molar-refractivity contribution in [1.29, 1.82) is 0 Å². The van der Waals surface area contributed by atoms with Gasteiger partial charge in [-0.3, -0.25) is 10.2 Å². The number of hydrogen-bond donors (Lipinski definition) is 3. The zero-order valence-electron chi connectivity index (χ0n) is 17.7. The van der Waals surface area contributed by atoms with Gasteiger partial charge in [0.05, 0.1) is 16.1 Å². The van der Waals surface area contributed by atoms with Crippen molar-refractivity contribution in [3.8, 4) is 0 Å². The topological polar surface area (TPSA) is 87.3 Å². The Labute approximate surface area is 183 Å². The summed E-state index contributed by atoms with van der Waals surface area (Å²) in [5, 5.41) is 3.23. The molecule has 6 nitrogen and oxygen atoms in total. The minimum atomic E-state index is -3.87. The van der Waals surface area contributed by atoms with Crippen LogP contribution in [0.25, 0.3) is 0 Å². The molecule has 0 aliphatic heterocycles. The van der Waals surface area contributed by atoms with E-state index < -0.39 is 15.9 Å². The molecule has 0 spiro atoms. The van der Waals surface area contributed by atoms with Gasteiger partial charge in [0.1, 0.15) is 0 Å². The fourth-order valence-electron chi connectivity index (χ4n) is 3.04. The van der Waals surface area contributed by atoms with E-state index in [-0.39, 0.29) is 4.90 Å². The molecule has 0 saturated carbocycles. The number of nitrogens with one attached hydrogen (secondary N) is 3. The number of carbonyl (C=O) groups excluding carboxylic acids is 1. The van der Waals surface area contributed by atoms with E-state index in [2.05, 4.69) is 34.6 Å². The summed E-state index contributed by atoms with van der Waals surface area (Å²) in [4.78, 5) is 14.9. The fraction of sp³-hybridized carbons (Fsp3) is 0.208. The molecule has 162 valence electrons. The van der Waals surface area contributed by atoms with Gasteiger partial charge in [-0.2, -0.15) is 0 Å². The van der Waals surface area contributed by atoms with Gasteiger partial charge in [-0.1, -0.05) is 55.3 Å². The van der Waals surface area contributed by atoms with Crippen LogP contribution in [0.5, 0.6) is 0 Å². The first-order chi connectivity index (χ1) is 14.9. The lowest BCUT2D eigenvalue weighted by atomic mass is 10.1. The molecule has 3 aromatic carbocycles. The highest BCUT2D eigenvalue weighted by molar-refractivity contribution is 7.89. The van der Waals surface area contributed by atoms with E-state index in [1.54, 1.807) is 30.3 Å². The molecule has 0 aromatic heterocycles. The predicted molar refractivity (Wildman–Crippen MR) is 124 cm³/mol. The Morgan fingerprint density at radius 3 is 2.26 bits per heavy atom. The lowest BCUT2D eigenvalue weighted by Gasteiger charge is -2.13. The minimum absolute atomic E-state index is 0.0768. The second-order valence-electron chi connectivity index (χ2n) is 7.34. The number of hydrogen-bond acceptors (Lipinski definition) is 4. The van der Waals surface area contributed by atoms with Gasteiger partial charge in [0.15, 0.2) is 0 Å². The zero-order valence-corrected chi connectivity index (χ0v) is 18.5. The van der Waals surface area contributed by atoms with Crippen molar-refractivity contribution in [1.82, 2.24) is 10.3 Å².